The minimum absolute atomic E-state index is 0.0510. The Bertz CT molecular complexity index is 594. The Morgan fingerprint density at radius 3 is 3.00 bits per heavy atom. The average Bonchev–Trinajstić information content (AvgIpc) is 2.80. The number of carbonyl (C=O) groups is 1. The van der Waals surface area contributed by atoms with Crippen LogP contribution in [0.1, 0.15) is 26.1 Å². The van der Waals surface area contributed by atoms with Gasteiger partial charge in [-0.15, -0.1) is 11.6 Å². The van der Waals surface area contributed by atoms with E-state index in [2.05, 4.69) is 29.1 Å². The van der Waals surface area contributed by atoms with Gasteiger partial charge in [-0.05, 0) is 12.0 Å². The van der Waals surface area contributed by atoms with Gasteiger partial charge in [0.1, 0.15) is 11.3 Å². The summed E-state index contributed by atoms with van der Waals surface area (Å²) >= 11 is 5.92. The second-order valence-corrected chi connectivity index (χ2v) is 5.39. The highest BCUT2D eigenvalue weighted by atomic mass is 35.5. The van der Waals surface area contributed by atoms with Gasteiger partial charge in [-0.3, -0.25) is 9.78 Å². The Hall–Kier alpha value is -1.62. The lowest BCUT2D eigenvalue weighted by Crippen LogP contribution is -2.28. The molecule has 2 heterocycles. The number of imidazole rings is 1. The molecular weight excluding hydrogens is 276 g/mol. The molecule has 0 aliphatic carbocycles. The van der Waals surface area contributed by atoms with Gasteiger partial charge in [-0.2, -0.15) is 0 Å². The molecule has 0 fully saturated rings. The van der Waals surface area contributed by atoms with Gasteiger partial charge in [0.2, 0.25) is 5.91 Å². The van der Waals surface area contributed by atoms with E-state index in [1.165, 1.54) is 0 Å². The van der Waals surface area contributed by atoms with E-state index in [-0.39, 0.29) is 5.91 Å². The van der Waals surface area contributed by atoms with Crippen LogP contribution in [-0.4, -0.2) is 27.0 Å². The van der Waals surface area contributed by atoms with Gasteiger partial charge in [0, 0.05) is 25.7 Å². The van der Waals surface area contributed by atoms with Gasteiger partial charge in [0.15, 0.2) is 0 Å². The number of aromatic nitrogens is 3. The lowest BCUT2D eigenvalue weighted by Gasteiger charge is -2.09. The molecule has 0 atom stereocenters. The normalized spacial score (nSPS) is 11.2. The molecule has 2 aromatic heterocycles. The van der Waals surface area contributed by atoms with Crippen LogP contribution in [0.3, 0.4) is 0 Å². The molecule has 2 aromatic rings. The van der Waals surface area contributed by atoms with E-state index in [1.54, 1.807) is 12.4 Å². The summed E-state index contributed by atoms with van der Waals surface area (Å²) in [6.07, 6.45) is 3.85. The standard InChI is InChI=1S/C14H19ClN4O/c1-10(2)8-17-14(20)4-6-19-12-3-5-16-9-11(12)18-13(19)7-15/h3,5,9-10H,4,6-8H2,1-2H3,(H,17,20). The lowest BCUT2D eigenvalue weighted by atomic mass is 10.2. The van der Waals surface area contributed by atoms with E-state index < -0.39 is 0 Å². The van der Waals surface area contributed by atoms with Gasteiger partial charge < -0.3 is 9.88 Å². The van der Waals surface area contributed by atoms with Crippen molar-refractivity contribution in [3.8, 4) is 0 Å². The molecule has 108 valence electrons. The van der Waals surface area contributed by atoms with E-state index in [1.807, 2.05) is 10.6 Å². The summed E-state index contributed by atoms with van der Waals surface area (Å²) in [5, 5.41) is 2.91. The molecule has 20 heavy (non-hydrogen) atoms. The number of carbonyl (C=O) groups excluding carboxylic acids is 1. The third-order valence-electron chi connectivity index (χ3n) is 3.02. The van der Waals surface area contributed by atoms with Crippen LogP contribution < -0.4 is 5.32 Å². The van der Waals surface area contributed by atoms with Crippen LogP contribution in [0.4, 0.5) is 0 Å². The Kier molecular flexibility index (Phi) is 4.95. The number of aryl methyl sites for hydroxylation is 1. The topological polar surface area (TPSA) is 59.8 Å². The monoisotopic (exact) mass is 294 g/mol. The van der Waals surface area contributed by atoms with Gasteiger partial charge >= 0.3 is 0 Å². The first kappa shape index (κ1) is 14.8. The van der Waals surface area contributed by atoms with E-state index >= 15 is 0 Å². The fraction of sp³-hybridized carbons (Fsp3) is 0.500. The Morgan fingerprint density at radius 1 is 1.50 bits per heavy atom. The van der Waals surface area contributed by atoms with E-state index in [0.717, 1.165) is 16.9 Å². The zero-order chi connectivity index (χ0) is 14.5. The number of pyridine rings is 1. The molecular formula is C14H19ClN4O. The summed E-state index contributed by atoms with van der Waals surface area (Å²) in [7, 11) is 0. The van der Waals surface area contributed by atoms with Crippen LogP contribution in [0.25, 0.3) is 11.0 Å². The third kappa shape index (κ3) is 3.48. The second kappa shape index (κ2) is 6.70. The molecule has 1 amide bonds. The molecule has 0 saturated carbocycles. The van der Waals surface area contributed by atoms with Crippen molar-refractivity contribution in [2.75, 3.05) is 6.54 Å². The fourth-order valence-corrected chi connectivity index (χ4v) is 2.21. The van der Waals surface area contributed by atoms with Crippen molar-refractivity contribution in [1.29, 1.82) is 0 Å². The van der Waals surface area contributed by atoms with Crippen LogP contribution in [-0.2, 0) is 17.2 Å². The average molecular weight is 295 g/mol. The minimum atomic E-state index is 0.0510. The van der Waals surface area contributed by atoms with Gasteiger partial charge in [0.05, 0.1) is 17.6 Å². The number of halogens is 1. The lowest BCUT2D eigenvalue weighted by molar-refractivity contribution is -0.121. The van der Waals surface area contributed by atoms with E-state index in [4.69, 9.17) is 11.6 Å². The molecule has 0 aliphatic heterocycles. The van der Waals surface area contributed by atoms with Gasteiger partial charge in [-0.25, -0.2) is 4.98 Å². The minimum Gasteiger partial charge on any atom is -0.356 e. The molecule has 0 unspecified atom stereocenters. The second-order valence-electron chi connectivity index (χ2n) is 5.13. The summed E-state index contributed by atoms with van der Waals surface area (Å²) in [6, 6.07) is 1.89. The van der Waals surface area contributed by atoms with E-state index in [9.17, 15) is 4.79 Å². The molecule has 0 aromatic carbocycles. The number of rotatable bonds is 6. The molecule has 0 radical (unpaired) electrons. The third-order valence-corrected chi connectivity index (χ3v) is 3.26. The molecule has 0 bridgehead atoms. The number of hydrogen-bond donors (Lipinski definition) is 1. The van der Waals surface area contributed by atoms with Gasteiger partial charge in [0.25, 0.3) is 0 Å². The Labute approximate surface area is 123 Å². The largest absolute Gasteiger partial charge is 0.356 e. The van der Waals surface area contributed by atoms with Crippen molar-refractivity contribution in [2.45, 2.75) is 32.7 Å². The highest BCUT2D eigenvalue weighted by molar-refractivity contribution is 6.16. The molecule has 5 nitrogen and oxygen atoms in total. The van der Waals surface area contributed by atoms with Gasteiger partial charge in [-0.1, -0.05) is 13.8 Å². The number of hydrogen-bond acceptors (Lipinski definition) is 3. The van der Waals surface area contributed by atoms with Crippen molar-refractivity contribution in [3.63, 3.8) is 0 Å². The van der Waals surface area contributed by atoms with Crippen LogP contribution in [0, 0.1) is 5.92 Å². The SMILES string of the molecule is CC(C)CNC(=O)CCn1c(CCl)nc2cnccc21. The summed E-state index contributed by atoms with van der Waals surface area (Å²) < 4.78 is 1.99. The number of nitrogens with zero attached hydrogens (tertiary/aromatic N) is 3. The van der Waals surface area contributed by atoms with Crippen molar-refractivity contribution >= 4 is 28.5 Å². The van der Waals surface area contributed by atoms with E-state index in [0.29, 0.717) is 31.3 Å². The summed E-state index contributed by atoms with van der Waals surface area (Å²) in [5.41, 5.74) is 1.78. The maximum atomic E-state index is 11.8. The summed E-state index contributed by atoms with van der Waals surface area (Å²) in [5.74, 6) is 1.60. The summed E-state index contributed by atoms with van der Waals surface area (Å²) in [6.45, 7) is 5.42. The Balaban J connectivity index is 2.07. The quantitative estimate of drug-likeness (QED) is 0.832. The van der Waals surface area contributed by atoms with Crippen molar-refractivity contribution in [2.24, 2.45) is 5.92 Å². The first-order valence-corrected chi connectivity index (χ1v) is 7.27. The number of fused-ring (bicyclic) bond motifs is 1. The molecule has 0 saturated heterocycles. The predicted octanol–water partition coefficient (Wildman–Crippen LogP) is 2.33. The van der Waals surface area contributed by atoms with Crippen LogP contribution in [0.15, 0.2) is 18.5 Å². The highest BCUT2D eigenvalue weighted by Crippen LogP contribution is 2.16. The Morgan fingerprint density at radius 2 is 2.30 bits per heavy atom. The smallest absolute Gasteiger partial charge is 0.221 e. The maximum absolute atomic E-state index is 11.8. The molecule has 2 rings (SSSR count). The first-order chi connectivity index (χ1) is 9.61. The maximum Gasteiger partial charge on any atom is 0.221 e. The van der Waals surface area contributed by atoms with Crippen LogP contribution in [0.5, 0.6) is 0 Å². The molecule has 0 aliphatic rings. The predicted molar refractivity (Wildman–Crippen MR) is 79.5 cm³/mol. The number of alkyl halides is 1. The van der Waals surface area contributed by atoms with Crippen molar-refractivity contribution in [3.05, 3.63) is 24.3 Å². The zero-order valence-corrected chi connectivity index (χ0v) is 12.5. The zero-order valence-electron chi connectivity index (χ0n) is 11.8. The van der Waals surface area contributed by atoms with Crippen LogP contribution in [0.2, 0.25) is 0 Å². The number of nitrogens with one attached hydrogen (secondary N) is 1. The molecule has 6 heteroatoms. The van der Waals surface area contributed by atoms with Crippen molar-refractivity contribution < 1.29 is 4.79 Å². The molecule has 0 spiro atoms. The summed E-state index contributed by atoms with van der Waals surface area (Å²) in [4.78, 5) is 20.3. The fourth-order valence-electron chi connectivity index (χ4n) is 2.00. The first-order valence-electron chi connectivity index (χ1n) is 6.73. The molecule has 1 N–H and O–H groups in total. The highest BCUT2D eigenvalue weighted by Gasteiger charge is 2.11. The van der Waals surface area contributed by atoms with Crippen molar-refractivity contribution in [1.82, 2.24) is 19.9 Å². The number of amides is 1. The van der Waals surface area contributed by atoms with Crippen LogP contribution >= 0.6 is 11.6 Å².